The van der Waals surface area contributed by atoms with E-state index in [1.165, 1.54) is 6.07 Å². The first kappa shape index (κ1) is 26.0. The average Bonchev–Trinajstić information content (AvgIpc) is 3.13. The number of rotatable bonds is 4. The molecule has 1 amide bonds. The highest BCUT2D eigenvalue weighted by Gasteiger charge is 2.32. The maximum absolute atomic E-state index is 13.2. The molecule has 0 radical (unpaired) electrons. The predicted molar refractivity (Wildman–Crippen MR) is 137 cm³/mol. The first-order chi connectivity index (χ1) is 18.2. The van der Waals surface area contributed by atoms with Gasteiger partial charge in [-0.2, -0.15) is 0 Å². The van der Waals surface area contributed by atoms with E-state index in [2.05, 4.69) is 37.6 Å². The molecule has 0 aliphatic carbocycles. The molecule has 202 valence electrons. The molecule has 0 saturated carbocycles. The Morgan fingerprint density at radius 3 is 2.55 bits per heavy atom. The van der Waals surface area contributed by atoms with Crippen molar-refractivity contribution in [1.82, 2.24) is 24.8 Å². The maximum Gasteiger partial charge on any atom is 0.573 e. The van der Waals surface area contributed by atoms with E-state index in [-0.39, 0.29) is 23.1 Å². The number of pyridine rings is 1. The number of nitrogens with zero attached hydrogens (tertiary/aromatic N) is 6. The van der Waals surface area contributed by atoms with Crippen molar-refractivity contribution in [3.8, 4) is 5.75 Å². The number of likely N-dealkylation sites (tertiary alicyclic amines) is 1. The van der Waals surface area contributed by atoms with E-state index in [0.29, 0.717) is 19.5 Å². The van der Waals surface area contributed by atoms with Crippen molar-refractivity contribution < 1.29 is 22.7 Å². The molecule has 0 spiro atoms. The number of benzene rings is 1. The van der Waals surface area contributed by atoms with Crippen molar-refractivity contribution in [3.05, 3.63) is 48.0 Å². The Bertz CT molecular complexity index is 1310. The van der Waals surface area contributed by atoms with E-state index < -0.39 is 12.1 Å². The van der Waals surface area contributed by atoms with Crippen LogP contribution < -0.4 is 15.4 Å². The summed E-state index contributed by atoms with van der Waals surface area (Å²) in [5.74, 6) is -0.675. The molecule has 3 aromatic rings. The third-order valence-corrected chi connectivity index (χ3v) is 7.25. The number of carbonyl (C=O) groups is 1. The van der Waals surface area contributed by atoms with Crippen LogP contribution in [-0.4, -0.2) is 83.3 Å². The molecule has 4 heterocycles. The number of hydrogen-bond acceptors (Lipinski definition) is 8. The zero-order valence-electron chi connectivity index (χ0n) is 21.1. The Balaban J connectivity index is 1.29. The highest BCUT2D eigenvalue weighted by Crippen LogP contribution is 2.33. The summed E-state index contributed by atoms with van der Waals surface area (Å²) in [7, 11) is 2.12. The zero-order chi connectivity index (χ0) is 26.9. The molecule has 5 rings (SSSR count). The third-order valence-electron chi connectivity index (χ3n) is 7.25. The molecular formula is C26H30F3N7O2. The molecule has 1 atom stereocenters. The summed E-state index contributed by atoms with van der Waals surface area (Å²) in [6.45, 7) is 4.87. The van der Waals surface area contributed by atoms with Crippen LogP contribution in [0.3, 0.4) is 0 Å². The van der Waals surface area contributed by atoms with Crippen molar-refractivity contribution in [2.45, 2.75) is 31.5 Å². The third kappa shape index (κ3) is 5.74. The summed E-state index contributed by atoms with van der Waals surface area (Å²) in [5.41, 5.74) is 9.53. The minimum absolute atomic E-state index is 0.0558. The number of ether oxygens (including phenoxy) is 1. The molecule has 38 heavy (non-hydrogen) atoms. The van der Waals surface area contributed by atoms with Gasteiger partial charge in [0.05, 0.1) is 28.7 Å². The number of carbonyl (C=O) groups excluding carboxylic acids is 1. The largest absolute Gasteiger partial charge is 0.573 e. The quantitative estimate of drug-likeness (QED) is 0.511. The van der Waals surface area contributed by atoms with E-state index >= 15 is 0 Å². The molecule has 2 fully saturated rings. The normalized spacial score (nSPS) is 19.4. The van der Waals surface area contributed by atoms with Gasteiger partial charge in [0.25, 0.3) is 5.91 Å². The lowest BCUT2D eigenvalue weighted by Crippen LogP contribution is -2.44. The van der Waals surface area contributed by atoms with Gasteiger partial charge in [0, 0.05) is 56.9 Å². The number of fused-ring (bicyclic) bond motifs is 1. The van der Waals surface area contributed by atoms with Gasteiger partial charge in [-0.25, -0.2) is 9.97 Å². The van der Waals surface area contributed by atoms with Crippen molar-refractivity contribution in [2.24, 2.45) is 0 Å². The maximum atomic E-state index is 13.2. The van der Waals surface area contributed by atoms with Crippen LogP contribution >= 0.6 is 0 Å². The molecule has 2 N–H and O–H groups in total. The fourth-order valence-electron chi connectivity index (χ4n) is 5.16. The number of hydrogen-bond donors (Lipinski definition) is 1. The van der Waals surface area contributed by atoms with Crippen LogP contribution in [-0.2, 0) is 0 Å². The van der Waals surface area contributed by atoms with Gasteiger partial charge in [0.2, 0.25) is 0 Å². The minimum Gasteiger partial charge on any atom is -0.406 e. The molecule has 2 saturated heterocycles. The van der Waals surface area contributed by atoms with Crippen LogP contribution in [0.15, 0.2) is 36.8 Å². The van der Waals surface area contributed by atoms with Crippen LogP contribution in [0.25, 0.3) is 11.0 Å². The number of halogens is 3. The van der Waals surface area contributed by atoms with Crippen molar-refractivity contribution in [2.75, 3.05) is 56.9 Å². The number of anilines is 2. The molecule has 2 aliphatic rings. The zero-order valence-corrected chi connectivity index (χ0v) is 21.1. The van der Waals surface area contributed by atoms with Gasteiger partial charge < -0.3 is 25.2 Å². The highest BCUT2D eigenvalue weighted by atomic mass is 19.4. The first-order valence-electron chi connectivity index (χ1n) is 12.7. The summed E-state index contributed by atoms with van der Waals surface area (Å²) >= 11 is 0. The second-order valence-electron chi connectivity index (χ2n) is 9.83. The second-order valence-corrected chi connectivity index (χ2v) is 9.83. The number of nitrogens with two attached hydrogens (primary N) is 1. The van der Waals surface area contributed by atoms with E-state index in [1.807, 2.05) is 6.20 Å². The Kier molecular flexibility index (Phi) is 7.24. The van der Waals surface area contributed by atoms with Gasteiger partial charge in [0.15, 0.2) is 0 Å². The van der Waals surface area contributed by atoms with Gasteiger partial charge in [-0.15, -0.1) is 13.2 Å². The van der Waals surface area contributed by atoms with Gasteiger partial charge in [0.1, 0.15) is 17.6 Å². The highest BCUT2D eigenvalue weighted by molar-refractivity contribution is 5.99. The van der Waals surface area contributed by atoms with E-state index in [4.69, 9.17) is 10.7 Å². The standard InChI is InChI=1S/C26H30F3N7O2/c1-34-9-11-35(12-10-34)18-13-22-24(31-15-18)23(33-16-32-22)17-3-2-7-36(8-6-17)25(37)20-5-4-19(14-21(20)30)38-26(27,28)29/h4-5,13-17H,2-3,6-12,30H2,1H3. The summed E-state index contributed by atoms with van der Waals surface area (Å²) in [6.07, 6.45) is 0.884. The number of aromatic nitrogens is 3. The lowest BCUT2D eigenvalue weighted by Gasteiger charge is -2.33. The fourth-order valence-corrected chi connectivity index (χ4v) is 5.16. The molecule has 1 unspecified atom stereocenters. The molecule has 2 aromatic heterocycles. The number of piperazine rings is 1. The summed E-state index contributed by atoms with van der Waals surface area (Å²) in [5, 5.41) is 0. The Hall–Kier alpha value is -3.67. The molecule has 0 bridgehead atoms. The molecule has 2 aliphatic heterocycles. The van der Waals surface area contributed by atoms with Gasteiger partial charge in [-0.3, -0.25) is 9.78 Å². The molecule has 1 aromatic carbocycles. The minimum atomic E-state index is -4.83. The van der Waals surface area contributed by atoms with Crippen LogP contribution in [0.1, 0.15) is 41.2 Å². The van der Waals surface area contributed by atoms with Crippen LogP contribution in [0.4, 0.5) is 24.5 Å². The van der Waals surface area contributed by atoms with E-state index in [1.54, 1.807) is 11.2 Å². The topological polar surface area (TPSA) is 101 Å². The summed E-state index contributed by atoms with van der Waals surface area (Å²) in [6, 6.07) is 5.48. The number of nitrogen functional groups attached to an aromatic ring is 1. The van der Waals surface area contributed by atoms with Gasteiger partial charge >= 0.3 is 6.36 Å². The fraction of sp³-hybridized carbons (Fsp3) is 0.462. The SMILES string of the molecule is CN1CCN(c2cnc3c(C4CCCN(C(=O)c5ccc(OC(F)(F)F)cc5N)CC4)ncnc3c2)CC1. The van der Waals surface area contributed by atoms with E-state index in [9.17, 15) is 18.0 Å². The Morgan fingerprint density at radius 2 is 1.82 bits per heavy atom. The van der Waals surface area contributed by atoms with Crippen LogP contribution in [0, 0.1) is 0 Å². The number of likely N-dealkylation sites (N-methyl/N-ethyl adjacent to an activating group) is 1. The predicted octanol–water partition coefficient (Wildman–Crippen LogP) is 3.67. The molecule has 9 nitrogen and oxygen atoms in total. The van der Waals surface area contributed by atoms with Crippen LogP contribution in [0.5, 0.6) is 5.75 Å². The number of amides is 1. The van der Waals surface area contributed by atoms with Crippen molar-refractivity contribution >= 4 is 28.3 Å². The first-order valence-corrected chi connectivity index (χ1v) is 12.7. The Morgan fingerprint density at radius 1 is 1.03 bits per heavy atom. The summed E-state index contributed by atoms with van der Waals surface area (Å²) in [4.78, 5) is 33.3. The average molecular weight is 530 g/mol. The van der Waals surface area contributed by atoms with Crippen molar-refractivity contribution in [1.29, 1.82) is 0 Å². The monoisotopic (exact) mass is 529 g/mol. The molecular weight excluding hydrogens is 499 g/mol. The smallest absolute Gasteiger partial charge is 0.406 e. The van der Waals surface area contributed by atoms with E-state index in [0.717, 1.165) is 73.6 Å². The van der Waals surface area contributed by atoms with Crippen molar-refractivity contribution in [3.63, 3.8) is 0 Å². The van der Waals surface area contributed by atoms with Gasteiger partial charge in [-0.1, -0.05) is 0 Å². The Labute approximate surface area is 218 Å². The lowest BCUT2D eigenvalue weighted by atomic mass is 9.95. The number of alkyl halides is 3. The summed E-state index contributed by atoms with van der Waals surface area (Å²) < 4.78 is 41.4. The molecule has 12 heteroatoms. The lowest BCUT2D eigenvalue weighted by molar-refractivity contribution is -0.274. The van der Waals surface area contributed by atoms with Crippen LogP contribution in [0.2, 0.25) is 0 Å². The van der Waals surface area contributed by atoms with Gasteiger partial charge in [-0.05, 0) is 44.5 Å². The second kappa shape index (κ2) is 10.6.